The van der Waals surface area contributed by atoms with Crippen molar-refractivity contribution < 1.29 is 18.7 Å². The van der Waals surface area contributed by atoms with Crippen LogP contribution in [0.3, 0.4) is 0 Å². The summed E-state index contributed by atoms with van der Waals surface area (Å²) in [6.45, 7) is 1.85. The van der Waals surface area contributed by atoms with Crippen molar-refractivity contribution in [3.63, 3.8) is 0 Å². The summed E-state index contributed by atoms with van der Waals surface area (Å²) in [6, 6.07) is 10.5. The zero-order chi connectivity index (χ0) is 21.4. The summed E-state index contributed by atoms with van der Waals surface area (Å²) >= 11 is 4.48. The SMILES string of the molecule is CCOC(=O)C(CCCC(=O)SC)c1cc(-c2ccc(Br)cc2)oc(=O)c1C#N. The van der Waals surface area contributed by atoms with Crippen LogP contribution in [0.1, 0.15) is 43.2 Å². The van der Waals surface area contributed by atoms with Gasteiger partial charge in [0.1, 0.15) is 17.4 Å². The van der Waals surface area contributed by atoms with Gasteiger partial charge in [-0.1, -0.05) is 39.8 Å². The number of nitrogens with zero attached hydrogens (tertiary/aromatic N) is 1. The van der Waals surface area contributed by atoms with Crippen LogP contribution in [0, 0.1) is 11.3 Å². The number of halogens is 1. The number of hydrogen-bond donors (Lipinski definition) is 0. The summed E-state index contributed by atoms with van der Waals surface area (Å²) in [6.07, 6.45) is 2.71. The molecule has 1 aromatic heterocycles. The Kier molecular flexibility index (Phi) is 8.68. The quantitative estimate of drug-likeness (QED) is 0.510. The Labute approximate surface area is 181 Å². The number of nitriles is 1. The normalized spacial score (nSPS) is 11.5. The van der Waals surface area contributed by atoms with E-state index in [0.29, 0.717) is 18.4 Å². The Balaban J connectivity index is 2.50. The fourth-order valence-corrected chi connectivity index (χ4v) is 3.46. The monoisotopic (exact) mass is 477 g/mol. The molecule has 0 amide bonds. The van der Waals surface area contributed by atoms with Crippen LogP contribution in [-0.2, 0) is 14.3 Å². The summed E-state index contributed by atoms with van der Waals surface area (Å²) in [5.41, 5.74) is -0.134. The van der Waals surface area contributed by atoms with Crippen LogP contribution >= 0.6 is 27.7 Å². The van der Waals surface area contributed by atoms with Gasteiger partial charge in [-0.2, -0.15) is 5.26 Å². The fourth-order valence-electron chi connectivity index (χ4n) is 2.85. The standard InChI is InChI=1S/C21H20BrNO5S/c1-3-27-20(25)15(5-4-6-19(24)29-2)16-11-18(28-21(26)17(16)12-23)13-7-9-14(22)10-8-13/h7-11,15H,3-6H2,1-2H3. The van der Waals surface area contributed by atoms with E-state index in [0.717, 1.165) is 16.2 Å². The van der Waals surface area contributed by atoms with E-state index in [1.165, 1.54) is 0 Å². The van der Waals surface area contributed by atoms with Crippen LogP contribution in [-0.4, -0.2) is 23.9 Å². The van der Waals surface area contributed by atoms with Crippen molar-refractivity contribution in [2.75, 3.05) is 12.9 Å². The van der Waals surface area contributed by atoms with Gasteiger partial charge in [0.15, 0.2) is 5.12 Å². The number of benzene rings is 1. The second kappa shape index (κ2) is 11.0. The first-order valence-electron chi connectivity index (χ1n) is 8.98. The van der Waals surface area contributed by atoms with Gasteiger partial charge in [0, 0.05) is 16.5 Å². The Hall–Kier alpha value is -2.37. The van der Waals surface area contributed by atoms with Gasteiger partial charge in [0.2, 0.25) is 0 Å². The topological polar surface area (TPSA) is 97.4 Å². The smallest absolute Gasteiger partial charge is 0.354 e. The van der Waals surface area contributed by atoms with Crippen molar-refractivity contribution >= 4 is 38.8 Å². The van der Waals surface area contributed by atoms with Crippen LogP contribution < -0.4 is 5.63 Å². The molecule has 152 valence electrons. The van der Waals surface area contributed by atoms with E-state index in [2.05, 4.69) is 15.9 Å². The highest BCUT2D eigenvalue weighted by Crippen LogP contribution is 2.30. The third-order valence-corrected chi connectivity index (χ3v) is 5.46. The molecule has 1 heterocycles. The van der Waals surface area contributed by atoms with Gasteiger partial charge in [0.25, 0.3) is 0 Å². The Morgan fingerprint density at radius 3 is 2.59 bits per heavy atom. The Morgan fingerprint density at radius 1 is 1.31 bits per heavy atom. The highest BCUT2D eigenvalue weighted by molar-refractivity contribution is 9.10. The molecule has 0 aliphatic rings. The summed E-state index contributed by atoms with van der Waals surface area (Å²) in [5.74, 6) is -1.11. The van der Waals surface area contributed by atoms with Crippen molar-refractivity contribution in [1.29, 1.82) is 5.26 Å². The van der Waals surface area contributed by atoms with Crippen molar-refractivity contribution in [3.8, 4) is 17.4 Å². The minimum absolute atomic E-state index is 0.0104. The van der Waals surface area contributed by atoms with Crippen molar-refractivity contribution in [2.45, 2.75) is 32.1 Å². The maximum absolute atomic E-state index is 12.6. The lowest BCUT2D eigenvalue weighted by molar-refractivity contribution is -0.145. The molecule has 0 saturated carbocycles. The minimum Gasteiger partial charge on any atom is -0.466 e. The van der Waals surface area contributed by atoms with Crippen molar-refractivity contribution in [2.24, 2.45) is 0 Å². The van der Waals surface area contributed by atoms with E-state index >= 15 is 0 Å². The highest BCUT2D eigenvalue weighted by Gasteiger charge is 2.28. The van der Waals surface area contributed by atoms with E-state index in [1.807, 2.05) is 6.07 Å². The molecule has 29 heavy (non-hydrogen) atoms. The third kappa shape index (κ3) is 6.05. The second-order valence-electron chi connectivity index (χ2n) is 6.12. The maximum atomic E-state index is 12.6. The summed E-state index contributed by atoms with van der Waals surface area (Å²) < 4.78 is 11.3. The number of ether oxygens (including phenoxy) is 1. The molecule has 0 spiro atoms. The van der Waals surface area contributed by atoms with E-state index in [-0.39, 0.29) is 35.0 Å². The molecule has 0 radical (unpaired) electrons. The van der Waals surface area contributed by atoms with Crippen molar-refractivity contribution in [3.05, 3.63) is 56.4 Å². The molecule has 1 aromatic carbocycles. The zero-order valence-electron chi connectivity index (χ0n) is 16.1. The molecule has 1 atom stereocenters. The molecule has 0 aliphatic heterocycles. The molecule has 0 bridgehead atoms. The van der Waals surface area contributed by atoms with Crippen LogP contribution in [0.15, 0.2) is 44.0 Å². The molecule has 2 rings (SSSR count). The first kappa shape index (κ1) is 22.9. The van der Waals surface area contributed by atoms with Crippen LogP contribution in [0.4, 0.5) is 0 Å². The number of thioether (sulfide) groups is 1. The van der Waals surface area contributed by atoms with E-state index in [4.69, 9.17) is 9.15 Å². The first-order chi connectivity index (χ1) is 13.9. The number of carbonyl (C=O) groups is 2. The van der Waals surface area contributed by atoms with Gasteiger partial charge in [0.05, 0.1) is 12.5 Å². The zero-order valence-corrected chi connectivity index (χ0v) is 18.5. The van der Waals surface area contributed by atoms with Gasteiger partial charge in [-0.25, -0.2) is 4.79 Å². The lowest BCUT2D eigenvalue weighted by Gasteiger charge is -2.17. The number of hydrogen-bond acceptors (Lipinski definition) is 7. The number of esters is 1. The van der Waals surface area contributed by atoms with Gasteiger partial charge < -0.3 is 9.15 Å². The lowest BCUT2D eigenvalue weighted by Crippen LogP contribution is -2.21. The van der Waals surface area contributed by atoms with E-state index in [1.54, 1.807) is 43.5 Å². The van der Waals surface area contributed by atoms with Gasteiger partial charge in [-0.05, 0) is 49.8 Å². The minimum atomic E-state index is -0.836. The Morgan fingerprint density at radius 2 is 2.00 bits per heavy atom. The number of carbonyl (C=O) groups excluding carboxylic acids is 2. The molecule has 8 heteroatoms. The third-order valence-electron chi connectivity index (χ3n) is 4.27. The molecule has 0 aliphatic carbocycles. The van der Waals surface area contributed by atoms with Crippen LogP contribution in [0.5, 0.6) is 0 Å². The maximum Gasteiger partial charge on any atom is 0.354 e. The summed E-state index contributed by atoms with van der Waals surface area (Å²) in [4.78, 5) is 36.6. The molecule has 6 nitrogen and oxygen atoms in total. The predicted molar refractivity (Wildman–Crippen MR) is 115 cm³/mol. The highest BCUT2D eigenvalue weighted by atomic mass is 79.9. The molecular weight excluding hydrogens is 458 g/mol. The van der Waals surface area contributed by atoms with E-state index in [9.17, 15) is 19.6 Å². The van der Waals surface area contributed by atoms with Crippen LogP contribution in [0.25, 0.3) is 11.3 Å². The second-order valence-corrected chi connectivity index (χ2v) is 7.90. The molecule has 2 aromatic rings. The molecule has 0 fully saturated rings. The largest absolute Gasteiger partial charge is 0.466 e. The van der Waals surface area contributed by atoms with Crippen molar-refractivity contribution in [1.82, 2.24) is 0 Å². The van der Waals surface area contributed by atoms with Gasteiger partial charge in [-0.15, -0.1) is 0 Å². The average molecular weight is 478 g/mol. The van der Waals surface area contributed by atoms with E-state index < -0.39 is 17.5 Å². The average Bonchev–Trinajstić information content (AvgIpc) is 2.71. The predicted octanol–water partition coefficient (Wildman–Crippen LogP) is 4.65. The van der Waals surface area contributed by atoms with Crippen LogP contribution in [0.2, 0.25) is 0 Å². The van der Waals surface area contributed by atoms with Gasteiger partial charge in [-0.3, -0.25) is 9.59 Å². The molecule has 1 unspecified atom stereocenters. The number of rotatable bonds is 8. The lowest BCUT2D eigenvalue weighted by atomic mass is 9.90. The van der Waals surface area contributed by atoms with Gasteiger partial charge >= 0.3 is 11.6 Å². The first-order valence-corrected chi connectivity index (χ1v) is 11.0. The molecule has 0 saturated heterocycles. The molecule has 0 N–H and O–H groups in total. The molecular formula is C21H20BrNO5S. The fraction of sp³-hybridized carbons (Fsp3) is 0.333. The Bertz CT molecular complexity index is 978. The summed E-state index contributed by atoms with van der Waals surface area (Å²) in [5, 5.41) is 9.49. The summed E-state index contributed by atoms with van der Waals surface area (Å²) in [7, 11) is 0.